The van der Waals surface area contributed by atoms with E-state index in [4.69, 9.17) is 17.3 Å². The first-order chi connectivity index (χ1) is 12.0. The van der Waals surface area contributed by atoms with Gasteiger partial charge in [-0.15, -0.1) is 0 Å². The van der Waals surface area contributed by atoms with Gasteiger partial charge in [-0.25, -0.2) is 0 Å². The number of nitrogens with one attached hydrogen (secondary N) is 1. The van der Waals surface area contributed by atoms with Crippen LogP contribution in [0.1, 0.15) is 31.7 Å². The van der Waals surface area contributed by atoms with E-state index in [2.05, 4.69) is 17.1 Å². The van der Waals surface area contributed by atoms with Gasteiger partial charge in [0.15, 0.2) is 0 Å². The molecule has 25 heavy (non-hydrogen) atoms. The van der Waals surface area contributed by atoms with E-state index in [0.29, 0.717) is 23.2 Å². The van der Waals surface area contributed by atoms with Gasteiger partial charge in [-0.3, -0.25) is 4.79 Å². The molecule has 132 valence electrons. The lowest BCUT2D eigenvalue weighted by molar-refractivity contribution is -0.115. The van der Waals surface area contributed by atoms with E-state index in [9.17, 15) is 4.79 Å². The molecule has 1 fully saturated rings. The lowest BCUT2D eigenvalue weighted by Crippen LogP contribution is -2.38. The standard InChI is InChI=1S/C20H24ClN3O/c1-14-4-2-3-11-24(14)19-10-9-17(22)13-18(19)23-20(25)12-15-5-7-16(21)8-6-15/h5-10,13-14H,2-4,11-12,22H2,1H3,(H,23,25)/t14-/m0/s1. The van der Waals surface area contributed by atoms with Crippen molar-refractivity contribution in [2.45, 2.75) is 38.6 Å². The number of nitrogens with two attached hydrogens (primary N) is 1. The van der Waals surface area contributed by atoms with Crippen LogP contribution in [-0.4, -0.2) is 18.5 Å². The molecule has 0 radical (unpaired) electrons. The monoisotopic (exact) mass is 357 g/mol. The maximum Gasteiger partial charge on any atom is 0.228 e. The summed E-state index contributed by atoms with van der Waals surface area (Å²) >= 11 is 5.90. The second kappa shape index (κ2) is 7.79. The predicted octanol–water partition coefficient (Wildman–Crippen LogP) is 4.48. The van der Waals surface area contributed by atoms with Gasteiger partial charge >= 0.3 is 0 Å². The van der Waals surface area contributed by atoms with Gasteiger partial charge in [0, 0.05) is 23.3 Å². The smallest absolute Gasteiger partial charge is 0.228 e. The molecule has 1 aliphatic rings. The van der Waals surface area contributed by atoms with Crippen molar-refractivity contribution in [3.63, 3.8) is 0 Å². The van der Waals surface area contributed by atoms with Crippen LogP contribution in [0, 0.1) is 0 Å². The molecule has 0 saturated carbocycles. The molecule has 0 unspecified atom stereocenters. The SMILES string of the molecule is C[C@H]1CCCCN1c1ccc(N)cc1NC(=O)Cc1ccc(Cl)cc1. The van der Waals surface area contributed by atoms with Crippen LogP contribution >= 0.6 is 11.6 Å². The Morgan fingerprint density at radius 3 is 2.72 bits per heavy atom. The Balaban J connectivity index is 1.77. The van der Waals surface area contributed by atoms with E-state index in [1.165, 1.54) is 19.3 Å². The van der Waals surface area contributed by atoms with Gasteiger partial charge in [0.2, 0.25) is 5.91 Å². The minimum Gasteiger partial charge on any atom is -0.399 e. The molecule has 2 aromatic rings. The molecule has 0 bridgehead atoms. The number of carbonyl (C=O) groups excluding carboxylic acids is 1. The number of amides is 1. The number of carbonyl (C=O) groups is 1. The zero-order valence-electron chi connectivity index (χ0n) is 14.5. The quantitative estimate of drug-likeness (QED) is 0.793. The number of nitrogen functional groups attached to an aromatic ring is 1. The number of anilines is 3. The van der Waals surface area contributed by atoms with Crippen molar-refractivity contribution in [3.8, 4) is 0 Å². The molecular formula is C20H24ClN3O. The summed E-state index contributed by atoms with van der Waals surface area (Å²) in [5.41, 5.74) is 9.36. The molecule has 4 nitrogen and oxygen atoms in total. The summed E-state index contributed by atoms with van der Waals surface area (Å²) in [5.74, 6) is -0.0566. The molecule has 1 heterocycles. The summed E-state index contributed by atoms with van der Waals surface area (Å²) in [5, 5.41) is 3.71. The molecule has 1 atom stereocenters. The summed E-state index contributed by atoms with van der Waals surface area (Å²) in [6.07, 6.45) is 3.90. The summed E-state index contributed by atoms with van der Waals surface area (Å²) in [4.78, 5) is 14.9. The molecule has 1 aliphatic heterocycles. The molecule has 1 saturated heterocycles. The van der Waals surface area contributed by atoms with Crippen molar-refractivity contribution in [2.24, 2.45) is 0 Å². The fraction of sp³-hybridized carbons (Fsp3) is 0.350. The predicted molar refractivity (Wildman–Crippen MR) is 105 cm³/mol. The van der Waals surface area contributed by atoms with E-state index in [0.717, 1.165) is 23.5 Å². The largest absolute Gasteiger partial charge is 0.399 e. The third kappa shape index (κ3) is 4.45. The van der Waals surface area contributed by atoms with Gasteiger partial charge in [0.05, 0.1) is 17.8 Å². The maximum atomic E-state index is 12.5. The lowest BCUT2D eigenvalue weighted by atomic mass is 10.0. The average molecular weight is 358 g/mol. The molecule has 0 spiro atoms. The molecule has 1 amide bonds. The Morgan fingerprint density at radius 2 is 2.00 bits per heavy atom. The highest BCUT2D eigenvalue weighted by Crippen LogP contribution is 2.33. The summed E-state index contributed by atoms with van der Waals surface area (Å²) in [6, 6.07) is 13.5. The van der Waals surface area contributed by atoms with Crippen LogP contribution < -0.4 is 16.0 Å². The molecule has 0 aliphatic carbocycles. The first-order valence-electron chi connectivity index (χ1n) is 8.73. The highest BCUT2D eigenvalue weighted by molar-refractivity contribution is 6.30. The van der Waals surface area contributed by atoms with E-state index in [-0.39, 0.29) is 5.91 Å². The van der Waals surface area contributed by atoms with Crippen molar-refractivity contribution in [1.29, 1.82) is 0 Å². The zero-order chi connectivity index (χ0) is 17.8. The fourth-order valence-electron chi connectivity index (χ4n) is 3.34. The minimum atomic E-state index is -0.0566. The fourth-order valence-corrected chi connectivity index (χ4v) is 3.47. The summed E-state index contributed by atoms with van der Waals surface area (Å²) in [6.45, 7) is 3.24. The molecule has 3 rings (SSSR count). The van der Waals surface area contributed by atoms with E-state index >= 15 is 0 Å². The number of rotatable bonds is 4. The third-order valence-corrected chi connectivity index (χ3v) is 4.94. The topological polar surface area (TPSA) is 58.4 Å². The van der Waals surface area contributed by atoms with E-state index in [1.807, 2.05) is 30.3 Å². The highest BCUT2D eigenvalue weighted by Gasteiger charge is 2.21. The molecule has 5 heteroatoms. The van der Waals surface area contributed by atoms with Gasteiger partial charge in [-0.05, 0) is 62.1 Å². The Kier molecular flexibility index (Phi) is 5.49. The molecule has 0 aromatic heterocycles. The van der Waals surface area contributed by atoms with Crippen molar-refractivity contribution >= 4 is 34.6 Å². The van der Waals surface area contributed by atoms with Crippen LogP contribution in [0.5, 0.6) is 0 Å². The van der Waals surface area contributed by atoms with Crippen LogP contribution in [0.15, 0.2) is 42.5 Å². The van der Waals surface area contributed by atoms with E-state index < -0.39 is 0 Å². The summed E-state index contributed by atoms with van der Waals surface area (Å²) in [7, 11) is 0. The second-order valence-corrected chi connectivity index (χ2v) is 7.10. The van der Waals surface area contributed by atoms with Gasteiger partial charge in [-0.1, -0.05) is 23.7 Å². The van der Waals surface area contributed by atoms with Gasteiger partial charge in [-0.2, -0.15) is 0 Å². The maximum absolute atomic E-state index is 12.5. The number of hydrogen-bond donors (Lipinski definition) is 2. The van der Waals surface area contributed by atoms with Crippen LogP contribution in [0.25, 0.3) is 0 Å². The lowest BCUT2D eigenvalue weighted by Gasteiger charge is -2.36. The third-order valence-electron chi connectivity index (χ3n) is 4.69. The normalized spacial score (nSPS) is 17.4. The Bertz CT molecular complexity index is 745. The van der Waals surface area contributed by atoms with Crippen molar-refractivity contribution in [2.75, 3.05) is 22.5 Å². The first kappa shape index (κ1) is 17.6. The zero-order valence-corrected chi connectivity index (χ0v) is 15.2. The Morgan fingerprint density at radius 1 is 1.24 bits per heavy atom. The average Bonchev–Trinajstić information content (AvgIpc) is 2.58. The van der Waals surface area contributed by atoms with Crippen molar-refractivity contribution in [3.05, 3.63) is 53.1 Å². The van der Waals surface area contributed by atoms with Crippen LogP contribution in [0.4, 0.5) is 17.1 Å². The molecule has 2 aromatic carbocycles. The number of halogens is 1. The molecular weight excluding hydrogens is 334 g/mol. The van der Waals surface area contributed by atoms with Gasteiger partial charge < -0.3 is 16.0 Å². The number of hydrogen-bond acceptors (Lipinski definition) is 3. The Hall–Kier alpha value is -2.20. The highest BCUT2D eigenvalue weighted by atomic mass is 35.5. The van der Waals surface area contributed by atoms with Crippen LogP contribution in [-0.2, 0) is 11.2 Å². The van der Waals surface area contributed by atoms with Gasteiger partial charge in [0.25, 0.3) is 0 Å². The van der Waals surface area contributed by atoms with E-state index in [1.54, 1.807) is 12.1 Å². The number of benzene rings is 2. The number of nitrogens with zero attached hydrogens (tertiary/aromatic N) is 1. The van der Waals surface area contributed by atoms with Crippen molar-refractivity contribution in [1.82, 2.24) is 0 Å². The summed E-state index contributed by atoms with van der Waals surface area (Å²) < 4.78 is 0. The van der Waals surface area contributed by atoms with Crippen molar-refractivity contribution < 1.29 is 4.79 Å². The first-order valence-corrected chi connectivity index (χ1v) is 9.11. The molecule has 3 N–H and O–H groups in total. The van der Waals surface area contributed by atoms with Crippen LogP contribution in [0.3, 0.4) is 0 Å². The Labute approximate surface area is 154 Å². The van der Waals surface area contributed by atoms with Crippen LogP contribution in [0.2, 0.25) is 5.02 Å². The van der Waals surface area contributed by atoms with Gasteiger partial charge in [0.1, 0.15) is 0 Å². The minimum absolute atomic E-state index is 0.0566. The second-order valence-electron chi connectivity index (χ2n) is 6.67. The number of piperidine rings is 1.